The maximum absolute atomic E-state index is 5.33. The molecule has 12 rings (SSSR count). The van der Waals surface area contributed by atoms with Gasteiger partial charge in [0.15, 0.2) is 0 Å². The average molecular weight is 741 g/mol. The molecular formula is C49H28N2S3. The van der Waals surface area contributed by atoms with Gasteiger partial charge in [0.25, 0.3) is 0 Å². The molecule has 0 saturated heterocycles. The number of benzene rings is 8. The van der Waals surface area contributed by atoms with Crippen LogP contribution in [-0.4, -0.2) is 4.98 Å². The largest absolute Gasteiger partial charge is 0.310 e. The van der Waals surface area contributed by atoms with E-state index in [2.05, 4.69) is 175 Å². The Morgan fingerprint density at radius 2 is 0.815 bits per heavy atom. The van der Waals surface area contributed by atoms with Gasteiger partial charge in [-0.1, -0.05) is 109 Å². The average Bonchev–Trinajstić information content (AvgIpc) is 3.91. The van der Waals surface area contributed by atoms with Gasteiger partial charge in [-0.05, 0) is 60.7 Å². The molecule has 4 aromatic heterocycles. The molecule has 0 N–H and O–H groups in total. The van der Waals surface area contributed by atoms with Crippen LogP contribution in [0.1, 0.15) is 0 Å². The highest BCUT2D eigenvalue weighted by Gasteiger charge is 2.19. The van der Waals surface area contributed by atoms with E-state index in [0.717, 1.165) is 33.8 Å². The first-order valence-electron chi connectivity index (χ1n) is 18.1. The van der Waals surface area contributed by atoms with Gasteiger partial charge in [0.05, 0.1) is 11.2 Å². The summed E-state index contributed by atoms with van der Waals surface area (Å²) in [5.41, 5.74) is 6.53. The first kappa shape index (κ1) is 30.4. The van der Waals surface area contributed by atoms with Gasteiger partial charge in [-0.3, -0.25) is 0 Å². The zero-order valence-corrected chi connectivity index (χ0v) is 31.2. The molecule has 0 aliphatic carbocycles. The lowest BCUT2D eigenvalue weighted by molar-refractivity contribution is 1.29. The van der Waals surface area contributed by atoms with Crippen LogP contribution in [0.5, 0.6) is 0 Å². The van der Waals surface area contributed by atoms with Crippen molar-refractivity contribution in [1.29, 1.82) is 0 Å². The summed E-state index contributed by atoms with van der Waals surface area (Å²) in [5, 5.41) is 11.5. The van der Waals surface area contributed by atoms with E-state index in [9.17, 15) is 0 Å². The van der Waals surface area contributed by atoms with Crippen molar-refractivity contribution in [3.8, 4) is 11.3 Å². The smallest absolute Gasteiger partial charge is 0.0788 e. The van der Waals surface area contributed by atoms with E-state index < -0.39 is 0 Å². The Balaban J connectivity index is 1.05. The van der Waals surface area contributed by atoms with Crippen molar-refractivity contribution >= 4 is 133 Å². The van der Waals surface area contributed by atoms with Gasteiger partial charge in [-0.2, -0.15) is 0 Å². The quantitative estimate of drug-likeness (QED) is 0.167. The first-order valence-corrected chi connectivity index (χ1v) is 20.6. The molecule has 0 aliphatic heterocycles. The normalized spacial score (nSPS) is 12.1. The Bertz CT molecular complexity index is 3350. The van der Waals surface area contributed by atoms with Crippen LogP contribution in [0.4, 0.5) is 17.1 Å². The second kappa shape index (κ2) is 11.7. The molecule has 0 fully saturated rings. The van der Waals surface area contributed by atoms with Gasteiger partial charge in [-0.15, -0.1) is 34.0 Å². The Morgan fingerprint density at radius 3 is 1.44 bits per heavy atom. The van der Waals surface area contributed by atoms with E-state index in [-0.39, 0.29) is 0 Å². The summed E-state index contributed by atoms with van der Waals surface area (Å²) in [7, 11) is 0. The number of para-hydroxylation sites is 1. The fourth-order valence-electron chi connectivity index (χ4n) is 8.36. The molecule has 0 bridgehead atoms. The molecule has 0 atom stereocenters. The van der Waals surface area contributed by atoms with Crippen molar-refractivity contribution in [2.75, 3.05) is 4.90 Å². The van der Waals surface area contributed by atoms with Crippen LogP contribution < -0.4 is 4.90 Å². The standard InChI is InChI=1S/C49H28N2S3/c1-5-13-41-39(12-1)47-40(26-25-38-35-11-4-8-16-44(35)54-49(38)47)48(50-41)29-17-19-30(20-18-29)51(31-21-23-36-33-9-2-6-14-42(33)52-45(36)27-31)32-22-24-37-34-10-3-7-15-43(34)53-46(37)28-32/h1-28H. The fraction of sp³-hybridized carbons (Fsp3) is 0. The highest BCUT2D eigenvalue weighted by molar-refractivity contribution is 7.27. The van der Waals surface area contributed by atoms with Crippen molar-refractivity contribution < 1.29 is 0 Å². The van der Waals surface area contributed by atoms with Gasteiger partial charge in [0, 0.05) is 99.3 Å². The SMILES string of the molecule is c1ccc2c(c1)nc(-c1ccc(N(c3ccc4c(c3)sc3ccccc34)c3ccc4c(c3)sc3ccccc34)cc1)c1ccc3c4ccccc4sc3c12. The van der Waals surface area contributed by atoms with Crippen molar-refractivity contribution in [2.45, 2.75) is 0 Å². The molecule has 4 heterocycles. The molecule has 252 valence electrons. The van der Waals surface area contributed by atoms with Gasteiger partial charge >= 0.3 is 0 Å². The maximum Gasteiger partial charge on any atom is 0.0788 e. The zero-order chi connectivity index (χ0) is 35.3. The van der Waals surface area contributed by atoms with Crippen LogP contribution in [0.15, 0.2) is 170 Å². The zero-order valence-electron chi connectivity index (χ0n) is 28.8. The summed E-state index contributed by atoms with van der Waals surface area (Å²) < 4.78 is 7.85. The molecule has 0 radical (unpaired) electrons. The van der Waals surface area contributed by atoms with Crippen molar-refractivity contribution in [1.82, 2.24) is 4.98 Å². The molecule has 0 spiro atoms. The van der Waals surface area contributed by atoms with Gasteiger partial charge in [0.2, 0.25) is 0 Å². The predicted molar refractivity (Wildman–Crippen MR) is 238 cm³/mol. The van der Waals surface area contributed by atoms with Gasteiger partial charge in [0.1, 0.15) is 0 Å². The van der Waals surface area contributed by atoms with Gasteiger partial charge < -0.3 is 4.90 Å². The minimum atomic E-state index is 1.01. The molecule has 5 heteroatoms. The number of aromatic nitrogens is 1. The molecule has 54 heavy (non-hydrogen) atoms. The molecule has 2 nitrogen and oxygen atoms in total. The van der Waals surface area contributed by atoms with Crippen LogP contribution in [-0.2, 0) is 0 Å². The number of anilines is 3. The Hall–Kier alpha value is -6.11. The number of rotatable bonds is 4. The minimum absolute atomic E-state index is 1.01. The number of hydrogen-bond donors (Lipinski definition) is 0. The molecule has 0 amide bonds. The van der Waals surface area contributed by atoms with E-state index in [4.69, 9.17) is 4.98 Å². The number of pyridine rings is 1. The Morgan fingerprint density at radius 1 is 0.352 bits per heavy atom. The maximum atomic E-state index is 5.33. The highest BCUT2D eigenvalue weighted by Crippen LogP contribution is 2.46. The van der Waals surface area contributed by atoms with Crippen LogP contribution in [0.3, 0.4) is 0 Å². The number of fused-ring (bicyclic) bond motifs is 13. The summed E-state index contributed by atoms with van der Waals surface area (Å²) in [4.78, 5) is 7.74. The van der Waals surface area contributed by atoms with Gasteiger partial charge in [-0.25, -0.2) is 4.98 Å². The number of nitrogens with zero attached hydrogens (tertiary/aromatic N) is 2. The second-order valence-electron chi connectivity index (χ2n) is 13.9. The molecule has 0 saturated carbocycles. The summed E-state index contributed by atoms with van der Waals surface area (Å²) in [6.45, 7) is 0. The van der Waals surface area contributed by atoms with Crippen LogP contribution in [0, 0.1) is 0 Å². The monoisotopic (exact) mass is 740 g/mol. The Kier molecular flexibility index (Phi) is 6.58. The first-order chi connectivity index (χ1) is 26.7. The third kappa shape index (κ3) is 4.53. The number of hydrogen-bond acceptors (Lipinski definition) is 5. The molecule has 8 aromatic carbocycles. The number of thiophene rings is 3. The van der Waals surface area contributed by atoms with Crippen molar-refractivity contribution in [2.24, 2.45) is 0 Å². The molecule has 0 aliphatic rings. The fourth-order valence-corrected chi connectivity index (χ4v) is 11.9. The van der Waals surface area contributed by atoms with Crippen LogP contribution in [0.25, 0.3) is 93.4 Å². The summed E-state index contributed by atoms with van der Waals surface area (Å²) >= 11 is 5.60. The van der Waals surface area contributed by atoms with Crippen molar-refractivity contribution in [3.63, 3.8) is 0 Å². The Labute approximate surface area is 322 Å². The molecule has 12 aromatic rings. The van der Waals surface area contributed by atoms with Crippen LogP contribution in [0.2, 0.25) is 0 Å². The minimum Gasteiger partial charge on any atom is -0.310 e. The molecule has 0 unspecified atom stereocenters. The second-order valence-corrected chi connectivity index (χ2v) is 17.1. The predicted octanol–water partition coefficient (Wildman–Crippen LogP) is 15.6. The third-order valence-corrected chi connectivity index (χ3v) is 14.3. The summed E-state index contributed by atoms with van der Waals surface area (Å²) in [6, 6.07) is 62.3. The summed E-state index contributed by atoms with van der Waals surface area (Å²) in [5.74, 6) is 0. The van der Waals surface area contributed by atoms with Crippen molar-refractivity contribution in [3.05, 3.63) is 170 Å². The summed E-state index contributed by atoms with van der Waals surface area (Å²) in [6.07, 6.45) is 0. The topological polar surface area (TPSA) is 16.1 Å². The lowest BCUT2D eigenvalue weighted by Crippen LogP contribution is -2.09. The van der Waals surface area contributed by atoms with E-state index >= 15 is 0 Å². The molecular weight excluding hydrogens is 713 g/mol. The van der Waals surface area contributed by atoms with E-state index in [1.54, 1.807) is 0 Å². The van der Waals surface area contributed by atoms with E-state index in [0.29, 0.717) is 0 Å². The lowest BCUT2D eigenvalue weighted by atomic mass is 9.98. The van der Waals surface area contributed by atoms with Crippen LogP contribution >= 0.6 is 34.0 Å². The van der Waals surface area contributed by atoms with E-state index in [1.807, 2.05) is 34.0 Å². The lowest BCUT2D eigenvalue weighted by Gasteiger charge is -2.26. The highest BCUT2D eigenvalue weighted by atomic mass is 32.1. The van der Waals surface area contributed by atoms with E-state index in [1.165, 1.54) is 76.7 Å². The third-order valence-electron chi connectivity index (χ3n) is 10.8.